The van der Waals surface area contributed by atoms with Gasteiger partial charge >= 0.3 is 0 Å². The molecule has 0 spiro atoms. The number of carbonyl (C=O) groups excluding carboxylic acids is 2. The van der Waals surface area contributed by atoms with E-state index in [4.69, 9.17) is 5.73 Å². The van der Waals surface area contributed by atoms with Crippen LogP contribution in [-0.4, -0.2) is 42.9 Å². The minimum absolute atomic E-state index is 0.0915. The fraction of sp³-hybridized carbons (Fsp3) is 0.467. The molecule has 2 rings (SSSR count). The standard InChI is InChI=1S/C15H21N3O2/c1-3-17(4-2)7-8-18-13-6-5-11(15(16)20)9-12(13)10-14(18)19/h5-6,9H,3-4,7-8,10H2,1-2H3,(H2,16,20). The second kappa shape index (κ2) is 6.05. The Morgan fingerprint density at radius 1 is 1.35 bits per heavy atom. The number of nitrogens with zero attached hydrogens (tertiary/aromatic N) is 2. The zero-order valence-electron chi connectivity index (χ0n) is 12.1. The maximum absolute atomic E-state index is 12.1. The highest BCUT2D eigenvalue weighted by Crippen LogP contribution is 2.29. The SMILES string of the molecule is CCN(CC)CCN1C(=O)Cc2cc(C(N)=O)ccc21. The average molecular weight is 275 g/mol. The number of hydrogen-bond donors (Lipinski definition) is 1. The van der Waals surface area contributed by atoms with Crippen molar-refractivity contribution in [1.82, 2.24) is 4.90 Å². The van der Waals surface area contributed by atoms with E-state index < -0.39 is 5.91 Å². The number of fused-ring (bicyclic) bond motifs is 1. The molecule has 20 heavy (non-hydrogen) atoms. The number of benzene rings is 1. The highest BCUT2D eigenvalue weighted by atomic mass is 16.2. The van der Waals surface area contributed by atoms with Crippen molar-refractivity contribution in [3.8, 4) is 0 Å². The first kappa shape index (κ1) is 14.5. The van der Waals surface area contributed by atoms with Crippen molar-refractivity contribution < 1.29 is 9.59 Å². The Hall–Kier alpha value is -1.88. The molecular formula is C15H21N3O2. The van der Waals surface area contributed by atoms with Gasteiger partial charge in [0.25, 0.3) is 0 Å². The van der Waals surface area contributed by atoms with Crippen LogP contribution in [0, 0.1) is 0 Å². The minimum Gasteiger partial charge on any atom is -0.366 e. The van der Waals surface area contributed by atoms with Gasteiger partial charge in [-0.1, -0.05) is 13.8 Å². The van der Waals surface area contributed by atoms with Gasteiger partial charge < -0.3 is 15.5 Å². The Labute approximate surface area is 119 Å². The lowest BCUT2D eigenvalue weighted by Crippen LogP contribution is -2.36. The van der Waals surface area contributed by atoms with Crippen LogP contribution in [0.1, 0.15) is 29.8 Å². The molecule has 1 aliphatic rings. The molecule has 0 bridgehead atoms. The summed E-state index contributed by atoms with van der Waals surface area (Å²) in [4.78, 5) is 27.4. The quantitative estimate of drug-likeness (QED) is 0.842. The Kier molecular flexibility index (Phi) is 4.39. The molecule has 108 valence electrons. The van der Waals surface area contributed by atoms with Gasteiger partial charge in [0.1, 0.15) is 0 Å². The molecule has 0 fully saturated rings. The summed E-state index contributed by atoms with van der Waals surface area (Å²) in [5.41, 5.74) is 7.53. The van der Waals surface area contributed by atoms with Crippen LogP contribution >= 0.6 is 0 Å². The third kappa shape index (κ3) is 2.82. The van der Waals surface area contributed by atoms with Crippen molar-refractivity contribution >= 4 is 17.5 Å². The number of anilines is 1. The van der Waals surface area contributed by atoms with Gasteiger partial charge in [0, 0.05) is 24.3 Å². The molecule has 1 aromatic rings. The number of likely N-dealkylation sites (N-methyl/N-ethyl adjacent to an activating group) is 1. The summed E-state index contributed by atoms with van der Waals surface area (Å²) in [6, 6.07) is 5.24. The summed E-state index contributed by atoms with van der Waals surface area (Å²) in [5, 5.41) is 0. The van der Waals surface area contributed by atoms with Crippen LogP contribution in [0.3, 0.4) is 0 Å². The monoisotopic (exact) mass is 275 g/mol. The molecule has 0 atom stereocenters. The van der Waals surface area contributed by atoms with E-state index in [1.165, 1.54) is 0 Å². The molecule has 0 unspecified atom stereocenters. The maximum atomic E-state index is 12.1. The molecule has 0 saturated heterocycles. The van der Waals surface area contributed by atoms with Crippen LogP contribution in [-0.2, 0) is 11.2 Å². The Bertz CT molecular complexity index is 524. The van der Waals surface area contributed by atoms with Gasteiger partial charge in [-0.25, -0.2) is 0 Å². The lowest BCUT2D eigenvalue weighted by molar-refractivity contribution is -0.117. The molecular weight excluding hydrogens is 254 g/mol. The molecule has 0 aliphatic carbocycles. The Morgan fingerprint density at radius 3 is 2.65 bits per heavy atom. The highest BCUT2D eigenvalue weighted by molar-refractivity contribution is 6.03. The molecule has 1 heterocycles. The van der Waals surface area contributed by atoms with E-state index in [-0.39, 0.29) is 5.91 Å². The van der Waals surface area contributed by atoms with E-state index in [0.29, 0.717) is 18.5 Å². The smallest absolute Gasteiger partial charge is 0.248 e. The van der Waals surface area contributed by atoms with Gasteiger partial charge in [0.15, 0.2) is 0 Å². The first-order valence-electron chi connectivity index (χ1n) is 7.02. The molecule has 0 saturated carbocycles. The van der Waals surface area contributed by atoms with Gasteiger partial charge in [-0.15, -0.1) is 0 Å². The topological polar surface area (TPSA) is 66.6 Å². The molecule has 0 aromatic heterocycles. The van der Waals surface area contributed by atoms with Gasteiger partial charge in [-0.05, 0) is 36.9 Å². The van der Waals surface area contributed by atoms with Crippen molar-refractivity contribution in [2.24, 2.45) is 5.73 Å². The second-order valence-corrected chi connectivity index (χ2v) is 4.96. The lowest BCUT2D eigenvalue weighted by atomic mass is 10.1. The van der Waals surface area contributed by atoms with Gasteiger partial charge in [-0.3, -0.25) is 9.59 Å². The summed E-state index contributed by atoms with van der Waals surface area (Å²) in [6.07, 6.45) is 0.356. The van der Waals surface area contributed by atoms with E-state index in [1.807, 2.05) is 6.07 Å². The van der Waals surface area contributed by atoms with Crippen LogP contribution in [0.5, 0.6) is 0 Å². The zero-order valence-corrected chi connectivity index (χ0v) is 12.1. The van der Waals surface area contributed by atoms with E-state index >= 15 is 0 Å². The van der Waals surface area contributed by atoms with E-state index in [1.54, 1.807) is 17.0 Å². The van der Waals surface area contributed by atoms with E-state index in [0.717, 1.165) is 30.9 Å². The summed E-state index contributed by atoms with van der Waals surface area (Å²) in [5.74, 6) is -0.365. The van der Waals surface area contributed by atoms with Crippen molar-refractivity contribution in [2.45, 2.75) is 20.3 Å². The van der Waals surface area contributed by atoms with Crippen LogP contribution in [0.15, 0.2) is 18.2 Å². The van der Waals surface area contributed by atoms with Crippen molar-refractivity contribution in [1.29, 1.82) is 0 Å². The van der Waals surface area contributed by atoms with Crippen molar-refractivity contribution in [2.75, 3.05) is 31.1 Å². The van der Waals surface area contributed by atoms with Gasteiger partial charge in [-0.2, -0.15) is 0 Å². The molecule has 2 N–H and O–H groups in total. The van der Waals surface area contributed by atoms with Crippen molar-refractivity contribution in [3.05, 3.63) is 29.3 Å². The third-order valence-corrected chi connectivity index (χ3v) is 3.83. The zero-order chi connectivity index (χ0) is 14.7. The van der Waals surface area contributed by atoms with Crippen LogP contribution in [0.4, 0.5) is 5.69 Å². The molecule has 1 aromatic carbocycles. The number of hydrogen-bond acceptors (Lipinski definition) is 3. The third-order valence-electron chi connectivity index (χ3n) is 3.83. The summed E-state index contributed by atoms with van der Waals surface area (Å²) >= 11 is 0. The summed E-state index contributed by atoms with van der Waals surface area (Å²) in [6.45, 7) is 7.72. The van der Waals surface area contributed by atoms with Crippen molar-refractivity contribution in [3.63, 3.8) is 0 Å². The molecule has 5 heteroatoms. The molecule has 0 radical (unpaired) electrons. The number of nitrogens with two attached hydrogens (primary N) is 1. The Morgan fingerprint density at radius 2 is 2.05 bits per heavy atom. The molecule has 5 nitrogen and oxygen atoms in total. The first-order valence-corrected chi connectivity index (χ1v) is 7.02. The number of carbonyl (C=O) groups is 2. The predicted molar refractivity (Wildman–Crippen MR) is 78.8 cm³/mol. The van der Waals surface area contributed by atoms with Crippen LogP contribution < -0.4 is 10.6 Å². The highest BCUT2D eigenvalue weighted by Gasteiger charge is 2.27. The second-order valence-electron chi connectivity index (χ2n) is 4.96. The van der Waals surface area contributed by atoms with Gasteiger partial charge in [0.05, 0.1) is 6.42 Å². The largest absolute Gasteiger partial charge is 0.366 e. The van der Waals surface area contributed by atoms with E-state index in [9.17, 15) is 9.59 Å². The summed E-state index contributed by atoms with van der Waals surface area (Å²) in [7, 11) is 0. The minimum atomic E-state index is -0.457. The predicted octanol–water partition coefficient (Wildman–Crippen LogP) is 1.02. The van der Waals surface area contributed by atoms with Gasteiger partial charge in [0.2, 0.25) is 11.8 Å². The normalized spacial score (nSPS) is 13.9. The number of amides is 2. The number of rotatable bonds is 6. The first-order chi connectivity index (χ1) is 9.56. The Balaban J connectivity index is 2.14. The fourth-order valence-electron chi connectivity index (χ4n) is 2.56. The molecule has 2 amide bonds. The average Bonchev–Trinajstić information content (AvgIpc) is 2.75. The lowest BCUT2D eigenvalue weighted by Gasteiger charge is -2.23. The number of primary amides is 1. The fourth-order valence-corrected chi connectivity index (χ4v) is 2.56. The van der Waals surface area contributed by atoms with Crippen LogP contribution in [0.2, 0.25) is 0 Å². The van der Waals surface area contributed by atoms with Crippen LogP contribution in [0.25, 0.3) is 0 Å². The maximum Gasteiger partial charge on any atom is 0.248 e. The van der Waals surface area contributed by atoms with E-state index in [2.05, 4.69) is 18.7 Å². The molecule has 1 aliphatic heterocycles. The summed E-state index contributed by atoms with van der Waals surface area (Å²) < 4.78 is 0.